The smallest absolute Gasteiger partial charge is 0.0779 e. The van der Waals surface area contributed by atoms with E-state index in [0.29, 0.717) is 5.41 Å². The van der Waals surface area contributed by atoms with Crippen LogP contribution in [0.15, 0.2) is 0 Å². The first-order valence-corrected chi connectivity index (χ1v) is 5.26. The molecule has 1 fully saturated rings. The molecule has 0 aromatic heterocycles. The molecule has 0 aliphatic carbocycles. The van der Waals surface area contributed by atoms with Gasteiger partial charge < -0.3 is 10.1 Å². The Kier molecular flexibility index (Phi) is 3.36. The van der Waals surface area contributed by atoms with Crippen LogP contribution < -0.4 is 5.32 Å². The van der Waals surface area contributed by atoms with Gasteiger partial charge in [-0.15, -0.1) is 0 Å². The van der Waals surface area contributed by atoms with Gasteiger partial charge in [0.1, 0.15) is 0 Å². The molecule has 1 N–H and O–H groups in total. The zero-order valence-corrected chi connectivity index (χ0v) is 9.44. The fraction of sp³-hybridized carbons (Fsp3) is 1.00. The first-order valence-electron chi connectivity index (χ1n) is 5.26. The summed E-state index contributed by atoms with van der Waals surface area (Å²) in [6.45, 7) is 11.9. The Balaban J connectivity index is 2.18. The molecule has 0 saturated carbocycles. The molecule has 0 aromatic rings. The summed E-state index contributed by atoms with van der Waals surface area (Å²) >= 11 is 0. The van der Waals surface area contributed by atoms with Crippen LogP contribution in [0.5, 0.6) is 0 Å². The summed E-state index contributed by atoms with van der Waals surface area (Å²) in [7, 11) is 0. The van der Waals surface area contributed by atoms with Gasteiger partial charge in [-0.3, -0.25) is 0 Å². The van der Waals surface area contributed by atoms with Crippen molar-refractivity contribution in [3.63, 3.8) is 0 Å². The molecule has 0 amide bonds. The summed E-state index contributed by atoms with van der Waals surface area (Å²) in [4.78, 5) is 0. The number of hydrogen-bond donors (Lipinski definition) is 1. The molecule has 0 aromatic carbocycles. The van der Waals surface area contributed by atoms with Crippen LogP contribution >= 0.6 is 0 Å². The summed E-state index contributed by atoms with van der Waals surface area (Å²) in [6, 6.07) is 0. The molecule has 1 heterocycles. The molecular weight excluding hydrogens is 162 g/mol. The SMILES string of the molecule is CC(C)(C)CNCC1(C)CCCO1. The Labute approximate surface area is 82.0 Å². The van der Waals surface area contributed by atoms with Crippen molar-refractivity contribution in [1.29, 1.82) is 0 Å². The third kappa shape index (κ3) is 4.10. The standard InChI is InChI=1S/C11H23NO/c1-10(2,3)8-12-9-11(4)6-5-7-13-11/h12H,5-9H2,1-4H3. The molecule has 13 heavy (non-hydrogen) atoms. The molecule has 1 rings (SSSR count). The maximum Gasteiger partial charge on any atom is 0.0779 e. The molecule has 1 aliphatic rings. The second-order valence-electron chi connectivity index (χ2n) is 5.57. The second-order valence-corrected chi connectivity index (χ2v) is 5.57. The van der Waals surface area contributed by atoms with E-state index in [0.717, 1.165) is 19.7 Å². The van der Waals surface area contributed by atoms with Gasteiger partial charge in [0.15, 0.2) is 0 Å². The summed E-state index contributed by atoms with van der Waals surface area (Å²) in [6.07, 6.45) is 2.41. The zero-order valence-electron chi connectivity index (χ0n) is 9.44. The van der Waals surface area contributed by atoms with E-state index in [1.165, 1.54) is 12.8 Å². The third-order valence-electron chi connectivity index (χ3n) is 2.45. The predicted molar refractivity (Wildman–Crippen MR) is 55.9 cm³/mol. The zero-order chi connectivity index (χ0) is 9.95. The van der Waals surface area contributed by atoms with Crippen molar-refractivity contribution < 1.29 is 4.74 Å². The number of nitrogens with one attached hydrogen (secondary N) is 1. The summed E-state index contributed by atoms with van der Waals surface area (Å²) in [5.41, 5.74) is 0.472. The van der Waals surface area contributed by atoms with Crippen LogP contribution in [-0.2, 0) is 4.74 Å². The molecule has 1 saturated heterocycles. The van der Waals surface area contributed by atoms with Crippen LogP contribution in [0.3, 0.4) is 0 Å². The van der Waals surface area contributed by atoms with E-state index in [1.807, 2.05) is 0 Å². The van der Waals surface area contributed by atoms with Crippen molar-refractivity contribution in [2.45, 2.75) is 46.1 Å². The first-order chi connectivity index (χ1) is 5.91. The minimum absolute atomic E-state index is 0.102. The third-order valence-corrected chi connectivity index (χ3v) is 2.45. The molecular formula is C11H23NO. The van der Waals surface area contributed by atoms with E-state index < -0.39 is 0 Å². The fourth-order valence-corrected chi connectivity index (χ4v) is 1.68. The normalized spacial score (nSPS) is 29.5. The Hall–Kier alpha value is -0.0800. The molecule has 2 heteroatoms. The molecule has 0 spiro atoms. The van der Waals surface area contributed by atoms with Gasteiger partial charge in [0.2, 0.25) is 0 Å². The maximum absolute atomic E-state index is 5.69. The average molecular weight is 185 g/mol. The van der Waals surface area contributed by atoms with Gasteiger partial charge >= 0.3 is 0 Å². The van der Waals surface area contributed by atoms with Crippen LogP contribution in [0.4, 0.5) is 0 Å². The monoisotopic (exact) mass is 185 g/mol. The van der Waals surface area contributed by atoms with E-state index in [4.69, 9.17) is 4.74 Å². The predicted octanol–water partition coefficient (Wildman–Crippen LogP) is 2.19. The molecule has 0 bridgehead atoms. The van der Waals surface area contributed by atoms with Gasteiger partial charge in [0, 0.05) is 19.7 Å². The second kappa shape index (κ2) is 3.97. The van der Waals surface area contributed by atoms with Crippen molar-refractivity contribution in [3.05, 3.63) is 0 Å². The van der Waals surface area contributed by atoms with E-state index in [-0.39, 0.29) is 5.60 Å². The van der Waals surface area contributed by atoms with Gasteiger partial charge in [-0.05, 0) is 25.2 Å². The van der Waals surface area contributed by atoms with Crippen molar-refractivity contribution in [2.75, 3.05) is 19.7 Å². The minimum Gasteiger partial charge on any atom is -0.374 e. The van der Waals surface area contributed by atoms with Crippen LogP contribution in [0.25, 0.3) is 0 Å². The summed E-state index contributed by atoms with van der Waals surface area (Å²) < 4.78 is 5.69. The fourth-order valence-electron chi connectivity index (χ4n) is 1.68. The highest BCUT2D eigenvalue weighted by Crippen LogP contribution is 2.24. The van der Waals surface area contributed by atoms with Gasteiger partial charge in [0.05, 0.1) is 5.60 Å². The van der Waals surface area contributed by atoms with Crippen molar-refractivity contribution in [2.24, 2.45) is 5.41 Å². The molecule has 2 nitrogen and oxygen atoms in total. The first kappa shape index (κ1) is 11.0. The van der Waals surface area contributed by atoms with E-state index in [9.17, 15) is 0 Å². The quantitative estimate of drug-likeness (QED) is 0.727. The lowest BCUT2D eigenvalue weighted by Gasteiger charge is -2.26. The minimum atomic E-state index is 0.102. The highest BCUT2D eigenvalue weighted by Gasteiger charge is 2.29. The van der Waals surface area contributed by atoms with Crippen molar-refractivity contribution in [1.82, 2.24) is 5.32 Å². The number of ether oxygens (including phenoxy) is 1. The summed E-state index contributed by atoms with van der Waals surface area (Å²) in [5, 5.41) is 3.48. The Morgan fingerprint density at radius 2 is 2.08 bits per heavy atom. The topological polar surface area (TPSA) is 21.3 Å². The Morgan fingerprint density at radius 3 is 2.54 bits per heavy atom. The Bertz CT molecular complexity index is 154. The molecule has 1 atom stereocenters. The van der Waals surface area contributed by atoms with Gasteiger partial charge in [-0.25, -0.2) is 0 Å². The largest absolute Gasteiger partial charge is 0.374 e. The van der Waals surface area contributed by atoms with E-state index in [2.05, 4.69) is 33.0 Å². The Morgan fingerprint density at radius 1 is 1.38 bits per heavy atom. The number of hydrogen-bond acceptors (Lipinski definition) is 2. The van der Waals surface area contributed by atoms with Crippen molar-refractivity contribution in [3.8, 4) is 0 Å². The van der Waals surface area contributed by atoms with Gasteiger partial charge in [0.25, 0.3) is 0 Å². The van der Waals surface area contributed by atoms with E-state index in [1.54, 1.807) is 0 Å². The molecule has 0 radical (unpaired) electrons. The van der Waals surface area contributed by atoms with Gasteiger partial charge in [-0.2, -0.15) is 0 Å². The maximum atomic E-state index is 5.69. The van der Waals surface area contributed by atoms with Crippen LogP contribution in [0.1, 0.15) is 40.5 Å². The lowest BCUT2D eigenvalue weighted by Crippen LogP contribution is -2.40. The lowest BCUT2D eigenvalue weighted by atomic mass is 9.96. The average Bonchev–Trinajstić information content (AvgIpc) is 2.33. The molecule has 1 aliphatic heterocycles. The molecule has 1 unspecified atom stereocenters. The van der Waals surface area contributed by atoms with E-state index >= 15 is 0 Å². The number of rotatable bonds is 3. The molecule has 78 valence electrons. The van der Waals surface area contributed by atoms with Crippen LogP contribution in [-0.4, -0.2) is 25.3 Å². The summed E-state index contributed by atoms with van der Waals surface area (Å²) in [5.74, 6) is 0. The van der Waals surface area contributed by atoms with Gasteiger partial charge in [-0.1, -0.05) is 20.8 Å². The van der Waals surface area contributed by atoms with Crippen LogP contribution in [0.2, 0.25) is 0 Å². The highest BCUT2D eigenvalue weighted by atomic mass is 16.5. The highest BCUT2D eigenvalue weighted by molar-refractivity contribution is 4.83. The van der Waals surface area contributed by atoms with Crippen LogP contribution in [0, 0.1) is 5.41 Å². The van der Waals surface area contributed by atoms with Crippen molar-refractivity contribution >= 4 is 0 Å². The lowest BCUT2D eigenvalue weighted by molar-refractivity contribution is 0.0196.